The van der Waals surface area contributed by atoms with E-state index in [1.165, 1.54) is 12.1 Å². The number of carbonyl (C=O) groups is 4. The summed E-state index contributed by atoms with van der Waals surface area (Å²) in [6.45, 7) is 10.7. The van der Waals surface area contributed by atoms with Gasteiger partial charge in [-0.1, -0.05) is 53.0 Å². The fourth-order valence-electron chi connectivity index (χ4n) is 4.22. The van der Waals surface area contributed by atoms with Crippen LogP contribution in [0.25, 0.3) is 0 Å². The molecule has 1 aromatic rings. The van der Waals surface area contributed by atoms with Gasteiger partial charge in [-0.25, -0.2) is 4.79 Å². The molecule has 2 N–H and O–H groups in total. The molecule has 1 saturated carbocycles. The largest absolute Gasteiger partial charge is 0.477 e. The smallest absolute Gasteiger partial charge is 0.364 e. The molecule has 0 saturated heterocycles. The van der Waals surface area contributed by atoms with Crippen molar-refractivity contribution >= 4 is 23.9 Å². The molecule has 1 aliphatic carbocycles. The topological polar surface area (TPSA) is 128 Å². The van der Waals surface area contributed by atoms with Gasteiger partial charge in [-0.3, -0.25) is 19.7 Å². The lowest BCUT2D eigenvalue weighted by Crippen LogP contribution is -2.59. The Bertz CT molecular complexity index is 985. The molecule has 1 fully saturated rings. The van der Waals surface area contributed by atoms with Gasteiger partial charge in [0, 0.05) is 12.5 Å². The van der Waals surface area contributed by atoms with Crippen LogP contribution in [0.15, 0.2) is 18.2 Å². The standard InChI is InChI=1S/C29H43NO8/c1-7-19(5)25(31)36-23-15-14-21(16-24(23)37-26(32)20(6)8-2)17-29(28(34)35,30-18(3)4)38-27(33)22-12-10-9-11-13-22/h14-16,18-20,22,30H,7-13,17H2,1-6H3,(H,34,35)/t19?,20?,29-/m0/s1. The summed E-state index contributed by atoms with van der Waals surface area (Å²) in [6.07, 6.45) is 5.09. The van der Waals surface area contributed by atoms with Gasteiger partial charge in [-0.2, -0.15) is 0 Å². The summed E-state index contributed by atoms with van der Waals surface area (Å²) < 4.78 is 16.8. The van der Waals surface area contributed by atoms with E-state index < -0.39 is 35.5 Å². The zero-order valence-corrected chi connectivity index (χ0v) is 23.5. The lowest BCUT2D eigenvalue weighted by atomic mass is 9.89. The second-order valence-electron chi connectivity index (χ2n) is 10.6. The predicted molar refractivity (Wildman–Crippen MR) is 142 cm³/mol. The molecule has 0 heterocycles. The number of ether oxygens (including phenoxy) is 3. The SMILES string of the molecule is CCC(C)C(=O)Oc1ccc(C[C@](NC(C)C)(OC(=O)C2CCCCC2)C(=O)O)cc1OC(=O)C(C)CC. The Balaban J connectivity index is 2.45. The van der Waals surface area contributed by atoms with Gasteiger partial charge in [0.05, 0.1) is 17.8 Å². The summed E-state index contributed by atoms with van der Waals surface area (Å²) in [6, 6.07) is 4.20. The molecule has 1 aliphatic rings. The normalized spacial score (nSPS) is 17.2. The maximum Gasteiger partial charge on any atom is 0.364 e. The molecule has 0 aromatic heterocycles. The third-order valence-corrected chi connectivity index (χ3v) is 6.99. The average Bonchev–Trinajstić information content (AvgIpc) is 2.88. The number of aliphatic carboxylic acids is 1. The van der Waals surface area contributed by atoms with Gasteiger partial charge in [0.15, 0.2) is 11.5 Å². The second kappa shape index (κ2) is 14.3. The van der Waals surface area contributed by atoms with Gasteiger partial charge in [0.25, 0.3) is 5.72 Å². The molecule has 0 radical (unpaired) electrons. The molecule has 0 spiro atoms. The Kier molecular flexibility index (Phi) is 11.8. The van der Waals surface area contributed by atoms with Crippen molar-refractivity contribution in [3.8, 4) is 11.5 Å². The molecule has 9 nitrogen and oxygen atoms in total. The van der Waals surface area contributed by atoms with Crippen LogP contribution >= 0.6 is 0 Å². The number of carbonyl (C=O) groups excluding carboxylic acids is 3. The van der Waals surface area contributed by atoms with Crippen molar-refractivity contribution < 1.29 is 38.5 Å². The summed E-state index contributed by atoms with van der Waals surface area (Å²) in [4.78, 5) is 50.7. The number of esters is 3. The molecule has 38 heavy (non-hydrogen) atoms. The minimum absolute atomic E-state index is 0.00639. The Morgan fingerprint density at radius 2 is 1.47 bits per heavy atom. The highest BCUT2D eigenvalue weighted by molar-refractivity contribution is 5.83. The quantitative estimate of drug-likeness (QED) is 0.204. The van der Waals surface area contributed by atoms with Gasteiger partial charge in [0.2, 0.25) is 0 Å². The van der Waals surface area contributed by atoms with Crippen molar-refractivity contribution in [2.45, 2.75) is 105 Å². The van der Waals surface area contributed by atoms with Crippen molar-refractivity contribution in [1.82, 2.24) is 5.32 Å². The molecule has 3 atom stereocenters. The highest BCUT2D eigenvalue weighted by atomic mass is 16.6. The van der Waals surface area contributed by atoms with E-state index in [4.69, 9.17) is 14.2 Å². The number of carboxylic acids is 1. The van der Waals surface area contributed by atoms with E-state index in [1.54, 1.807) is 33.8 Å². The van der Waals surface area contributed by atoms with Gasteiger partial charge >= 0.3 is 23.9 Å². The Morgan fingerprint density at radius 3 is 1.97 bits per heavy atom. The third-order valence-electron chi connectivity index (χ3n) is 6.99. The monoisotopic (exact) mass is 533 g/mol. The number of nitrogens with one attached hydrogen (secondary N) is 1. The number of benzene rings is 1. The lowest BCUT2D eigenvalue weighted by Gasteiger charge is -2.34. The van der Waals surface area contributed by atoms with Crippen LogP contribution in [0.4, 0.5) is 0 Å². The molecule has 2 unspecified atom stereocenters. The third kappa shape index (κ3) is 8.55. The predicted octanol–water partition coefficient (Wildman–Crippen LogP) is 5.03. The molecule has 9 heteroatoms. The number of carboxylic acid groups (broad SMARTS) is 1. The second-order valence-corrected chi connectivity index (χ2v) is 10.6. The minimum atomic E-state index is -2.03. The summed E-state index contributed by atoms with van der Waals surface area (Å²) >= 11 is 0. The van der Waals surface area contributed by atoms with Crippen molar-refractivity contribution in [1.29, 1.82) is 0 Å². The first-order valence-electron chi connectivity index (χ1n) is 13.7. The average molecular weight is 534 g/mol. The van der Waals surface area contributed by atoms with E-state index in [-0.39, 0.29) is 35.8 Å². The van der Waals surface area contributed by atoms with E-state index in [2.05, 4.69) is 5.32 Å². The molecule has 0 aliphatic heterocycles. The molecule has 0 bridgehead atoms. The van der Waals surface area contributed by atoms with Crippen LogP contribution in [-0.4, -0.2) is 40.8 Å². The van der Waals surface area contributed by atoms with E-state index in [1.807, 2.05) is 13.8 Å². The van der Waals surface area contributed by atoms with Crippen LogP contribution in [0.1, 0.15) is 92.1 Å². The molecule has 212 valence electrons. The molecular formula is C29H43NO8. The van der Waals surface area contributed by atoms with Gasteiger partial charge in [-0.15, -0.1) is 0 Å². The highest BCUT2D eigenvalue weighted by Crippen LogP contribution is 2.33. The van der Waals surface area contributed by atoms with Crippen LogP contribution < -0.4 is 14.8 Å². The van der Waals surface area contributed by atoms with E-state index in [9.17, 15) is 24.3 Å². The number of hydrogen-bond donors (Lipinski definition) is 2. The first-order valence-corrected chi connectivity index (χ1v) is 13.7. The van der Waals surface area contributed by atoms with Crippen LogP contribution in [-0.2, 0) is 30.3 Å². The van der Waals surface area contributed by atoms with Crippen LogP contribution in [0.5, 0.6) is 11.5 Å². The van der Waals surface area contributed by atoms with Crippen LogP contribution in [0.3, 0.4) is 0 Å². The van der Waals surface area contributed by atoms with Crippen molar-refractivity contribution in [3.63, 3.8) is 0 Å². The number of rotatable bonds is 13. The molecule has 2 rings (SSSR count). The van der Waals surface area contributed by atoms with E-state index in [0.29, 0.717) is 31.2 Å². The Morgan fingerprint density at radius 1 is 0.921 bits per heavy atom. The maximum absolute atomic E-state index is 13.0. The fraction of sp³-hybridized carbons (Fsp3) is 0.655. The van der Waals surface area contributed by atoms with Crippen molar-refractivity contribution in [2.75, 3.05) is 0 Å². The Labute approximate surface area is 225 Å². The van der Waals surface area contributed by atoms with Gasteiger partial charge in [-0.05, 0) is 57.2 Å². The van der Waals surface area contributed by atoms with E-state index in [0.717, 1.165) is 19.3 Å². The Hall–Kier alpha value is -2.94. The zero-order valence-electron chi connectivity index (χ0n) is 23.5. The van der Waals surface area contributed by atoms with Crippen molar-refractivity contribution in [2.24, 2.45) is 17.8 Å². The lowest BCUT2D eigenvalue weighted by molar-refractivity contribution is -0.188. The van der Waals surface area contributed by atoms with Gasteiger partial charge < -0.3 is 19.3 Å². The molecule has 1 aromatic carbocycles. The first kappa shape index (κ1) is 31.3. The first-order chi connectivity index (χ1) is 17.9. The fourth-order valence-corrected chi connectivity index (χ4v) is 4.22. The van der Waals surface area contributed by atoms with E-state index >= 15 is 0 Å². The number of hydrogen-bond acceptors (Lipinski definition) is 8. The summed E-state index contributed by atoms with van der Waals surface area (Å²) in [7, 11) is 0. The minimum Gasteiger partial charge on any atom is -0.477 e. The molecule has 0 amide bonds. The maximum atomic E-state index is 13.0. The van der Waals surface area contributed by atoms with Gasteiger partial charge in [0.1, 0.15) is 0 Å². The van der Waals surface area contributed by atoms with Crippen LogP contribution in [0, 0.1) is 17.8 Å². The summed E-state index contributed by atoms with van der Waals surface area (Å²) in [5.41, 5.74) is -1.61. The summed E-state index contributed by atoms with van der Waals surface area (Å²) in [5.74, 6) is -3.87. The molecular weight excluding hydrogens is 490 g/mol. The van der Waals surface area contributed by atoms with Crippen molar-refractivity contribution in [3.05, 3.63) is 23.8 Å². The summed E-state index contributed by atoms with van der Waals surface area (Å²) in [5, 5.41) is 13.2. The highest BCUT2D eigenvalue weighted by Gasteiger charge is 2.45. The zero-order chi connectivity index (χ0) is 28.5. The van der Waals surface area contributed by atoms with Crippen LogP contribution in [0.2, 0.25) is 0 Å².